The highest BCUT2D eigenvalue weighted by molar-refractivity contribution is 5.79. The first kappa shape index (κ1) is 17.9. The number of carboxylic acids is 1. The maximum atomic E-state index is 12.2. The molecule has 1 aliphatic rings. The normalized spacial score (nSPS) is 13.6. The van der Waals surface area contributed by atoms with E-state index in [1.165, 1.54) is 11.9 Å². The van der Waals surface area contributed by atoms with Crippen LogP contribution in [0.4, 0.5) is 4.79 Å². The van der Waals surface area contributed by atoms with Gasteiger partial charge in [-0.2, -0.15) is 0 Å². The zero-order valence-corrected chi connectivity index (χ0v) is 14.5. The van der Waals surface area contributed by atoms with E-state index in [2.05, 4.69) is 12.1 Å². The lowest BCUT2D eigenvalue weighted by molar-refractivity contribution is -0.139. The van der Waals surface area contributed by atoms with E-state index in [1.807, 2.05) is 36.4 Å². The maximum absolute atomic E-state index is 12.2. The predicted octanol–water partition coefficient (Wildman–Crippen LogP) is 2.70. The second-order valence-corrected chi connectivity index (χ2v) is 6.44. The van der Waals surface area contributed by atoms with Crippen molar-refractivity contribution >= 4 is 12.1 Å². The monoisotopic (exact) mass is 355 g/mol. The summed E-state index contributed by atoms with van der Waals surface area (Å²) in [5, 5.41) is 18.3. The zero-order chi connectivity index (χ0) is 18.7. The van der Waals surface area contributed by atoms with Crippen LogP contribution in [-0.2, 0) is 9.53 Å². The van der Waals surface area contributed by atoms with Crippen LogP contribution in [-0.4, -0.2) is 53.5 Å². The molecule has 0 fully saturated rings. The highest BCUT2D eigenvalue weighted by Crippen LogP contribution is 2.44. The molecule has 2 N–H and O–H groups in total. The number of aliphatic carboxylic acids is 1. The fourth-order valence-electron chi connectivity index (χ4n) is 3.36. The van der Waals surface area contributed by atoms with Gasteiger partial charge in [0.05, 0.1) is 19.1 Å². The number of amides is 1. The number of likely N-dealkylation sites (N-methyl/N-ethyl adjacent to an activating group) is 1. The highest BCUT2D eigenvalue weighted by atomic mass is 16.6. The molecule has 0 spiro atoms. The number of carbonyl (C=O) groups is 2. The van der Waals surface area contributed by atoms with E-state index in [0.29, 0.717) is 0 Å². The van der Waals surface area contributed by atoms with Crippen LogP contribution in [0, 0.1) is 0 Å². The van der Waals surface area contributed by atoms with Gasteiger partial charge < -0.3 is 19.8 Å². The number of ether oxygens (including phenoxy) is 1. The Labute approximate surface area is 151 Å². The SMILES string of the molecule is CN(CC(O)CC(=O)O)C(=O)OCC1c2ccccc2-c2ccccc21. The number of aliphatic hydroxyl groups excluding tert-OH is 1. The summed E-state index contributed by atoms with van der Waals surface area (Å²) in [6.07, 6.45) is -2.13. The maximum Gasteiger partial charge on any atom is 0.409 e. The van der Waals surface area contributed by atoms with Crippen molar-refractivity contribution in [3.05, 3.63) is 59.7 Å². The first-order valence-corrected chi connectivity index (χ1v) is 8.43. The van der Waals surface area contributed by atoms with Crippen molar-refractivity contribution in [2.75, 3.05) is 20.2 Å². The van der Waals surface area contributed by atoms with Crippen LogP contribution in [0.2, 0.25) is 0 Å². The summed E-state index contributed by atoms with van der Waals surface area (Å²) >= 11 is 0. The average molecular weight is 355 g/mol. The second-order valence-electron chi connectivity index (χ2n) is 6.44. The van der Waals surface area contributed by atoms with Crippen LogP contribution in [0.5, 0.6) is 0 Å². The molecule has 0 radical (unpaired) electrons. The number of hydrogen-bond donors (Lipinski definition) is 2. The average Bonchev–Trinajstić information content (AvgIpc) is 2.93. The highest BCUT2D eigenvalue weighted by Gasteiger charge is 2.29. The number of carbonyl (C=O) groups excluding carboxylic acids is 1. The molecule has 136 valence electrons. The minimum absolute atomic E-state index is 0.0382. The van der Waals surface area contributed by atoms with Gasteiger partial charge in [-0.15, -0.1) is 0 Å². The van der Waals surface area contributed by atoms with E-state index < -0.39 is 24.6 Å². The summed E-state index contributed by atoms with van der Waals surface area (Å²) in [4.78, 5) is 24.0. The first-order chi connectivity index (χ1) is 12.5. The van der Waals surface area contributed by atoms with Crippen molar-refractivity contribution in [1.29, 1.82) is 0 Å². The predicted molar refractivity (Wildman–Crippen MR) is 96.0 cm³/mol. The Morgan fingerprint density at radius 2 is 1.62 bits per heavy atom. The number of fused-ring (bicyclic) bond motifs is 3. The Kier molecular flexibility index (Phi) is 5.23. The molecule has 2 aromatic rings. The molecular weight excluding hydrogens is 334 g/mol. The Bertz CT molecular complexity index is 774. The summed E-state index contributed by atoms with van der Waals surface area (Å²) in [6.45, 7) is 0.0925. The molecule has 1 amide bonds. The van der Waals surface area contributed by atoms with Crippen molar-refractivity contribution in [2.24, 2.45) is 0 Å². The van der Waals surface area contributed by atoms with Gasteiger partial charge in [0, 0.05) is 13.0 Å². The number of aliphatic hydroxyl groups is 1. The molecule has 26 heavy (non-hydrogen) atoms. The Morgan fingerprint density at radius 3 is 2.15 bits per heavy atom. The largest absolute Gasteiger partial charge is 0.481 e. The van der Waals surface area contributed by atoms with Crippen LogP contribution in [0.3, 0.4) is 0 Å². The fraction of sp³-hybridized carbons (Fsp3) is 0.300. The molecule has 2 aromatic carbocycles. The van der Waals surface area contributed by atoms with Gasteiger partial charge in [-0.25, -0.2) is 4.79 Å². The quantitative estimate of drug-likeness (QED) is 0.832. The van der Waals surface area contributed by atoms with Crippen LogP contribution in [0.25, 0.3) is 11.1 Å². The van der Waals surface area contributed by atoms with Crippen molar-refractivity contribution in [3.63, 3.8) is 0 Å². The molecular formula is C20H21NO5. The molecule has 0 heterocycles. The molecule has 6 heteroatoms. The summed E-state index contributed by atoms with van der Waals surface area (Å²) < 4.78 is 5.44. The lowest BCUT2D eigenvalue weighted by Crippen LogP contribution is -2.36. The van der Waals surface area contributed by atoms with Crippen molar-refractivity contribution in [2.45, 2.75) is 18.4 Å². The number of rotatable bonds is 6. The van der Waals surface area contributed by atoms with Crippen molar-refractivity contribution in [3.8, 4) is 11.1 Å². The van der Waals surface area contributed by atoms with Gasteiger partial charge in [-0.05, 0) is 22.3 Å². The van der Waals surface area contributed by atoms with Crippen LogP contribution >= 0.6 is 0 Å². The molecule has 3 rings (SSSR count). The molecule has 1 unspecified atom stereocenters. The lowest BCUT2D eigenvalue weighted by atomic mass is 9.98. The zero-order valence-electron chi connectivity index (χ0n) is 14.5. The van der Waals surface area contributed by atoms with Crippen molar-refractivity contribution < 1.29 is 24.5 Å². The van der Waals surface area contributed by atoms with Crippen LogP contribution < -0.4 is 0 Å². The molecule has 0 saturated heterocycles. The number of carboxylic acid groups (broad SMARTS) is 1. The summed E-state index contributed by atoms with van der Waals surface area (Å²) in [6, 6.07) is 16.1. The Balaban J connectivity index is 1.66. The molecule has 0 aliphatic heterocycles. The minimum Gasteiger partial charge on any atom is -0.481 e. The van der Waals surface area contributed by atoms with Gasteiger partial charge >= 0.3 is 12.1 Å². The van der Waals surface area contributed by atoms with Crippen molar-refractivity contribution in [1.82, 2.24) is 4.90 Å². The minimum atomic E-state index is -1.13. The van der Waals surface area contributed by atoms with E-state index in [9.17, 15) is 14.7 Å². The summed E-state index contributed by atoms with van der Waals surface area (Å²) in [5.74, 6) is -1.15. The van der Waals surface area contributed by atoms with Gasteiger partial charge in [0.1, 0.15) is 6.61 Å². The Hall–Kier alpha value is -2.86. The van der Waals surface area contributed by atoms with Gasteiger partial charge in [0.15, 0.2) is 0 Å². The van der Waals surface area contributed by atoms with E-state index >= 15 is 0 Å². The second kappa shape index (κ2) is 7.58. The Morgan fingerprint density at radius 1 is 1.08 bits per heavy atom. The van der Waals surface area contributed by atoms with E-state index in [1.54, 1.807) is 0 Å². The third-order valence-electron chi connectivity index (χ3n) is 4.54. The van der Waals surface area contributed by atoms with E-state index in [4.69, 9.17) is 9.84 Å². The van der Waals surface area contributed by atoms with Crippen LogP contribution in [0.15, 0.2) is 48.5 Å². The molecule has 1 aliphatic carbocycles. The first-order valence-electron chi connectivity index (χ1n) is 8.43. The molecule has 0 saturated carbocycles. The van der Waals surface area contributed by atoms with Gasteiger partial charge in [0.2, 0.25) is 0 Å². The van der Waals surface area contributed by atoms with Gasteiger partial charge in [0.25, 0.3) is 0 Å². The number of benzene rings is 2. The topological polar surface area (TPSA) is 87.1 Å². The lowest BCUT2D eigenvalue weighted by Gasteiger charge is -2.21. The third kappa shape index (κ3) is 3.70. The molecule has 6 nitrogen and oxygen atoms in total. The van der Waals surface area contributed by atoms with E-state index in [0.717, 1.165) is 22.3 Å². The van der Waals surface area contributed by atoms with E-state index in [-0.39, 0.29) is 19.1 Å². The number of nitrogens with zero attached hydrogens (tertiary/aromatic N) is 1. The molecule has 1 atom stereocenters. The molecule has 0 bridgehead atoms. The molecule has 0 aromatic heterocycles. The van der Waals surface area contributed by atoms with Crippen LogP contribution in [0.1, 0.15) is 23.5 Å². The summed E-state index contributed by atoms with van der Waals surface area (Å²) in [7, 11) is 1.48. The standard InChI is InChI=1S/C20H21NO5/c1-21(11-13(22)10-19(23)24)20(25)26-12-18-16-8-4-2-6-14(16)15-7-3-5-9-17(15)18/h2-9,13,18,22H,10-12H2,1H3,(H,23,24). The van der Waals surface area contributed by atoms with Gasteiger partial charge in [-0.3, -0.25) is 4.79 Å². The van der Waals surface area contributed by atoms with Gasteiger partial charge in [-0.1, -0.05) is 48.5 Å². The number of hydrogen-bond acceptors (Lipinski definition) is 4. The summed E-state index contributed by atoms with van der Waals surface area (Å²) in [5.41, 5.74) is 4.54. The third-order valence-corrected chi connectivity index (χ3v) is 4.54. The fourth-order valence-corrected chi connectivity index (χ4v) is 3.36. The smallest absolute Gasteiger partial charge is 0.409 e.